The molecule has 1 N–H and O–H groups in total. The standard InChI is InChI=1S/C11H16N2S2/c1-8-6-11(7-15-8,13-9-2-3-9)10-12-4-5-14-10/h4-5,8-9,13H,2-3,6-7H2,1H3. The predicted octanol–water partition coefficient (Wildman–Crippen LogP) is 2.62. The van der Waals surface area contributed by atoms with Crippen LogP contribution >= 0.6 is 23.1 Å². The molecule has 82 valence electrons. The number of nitrogens with zero attached hydrogens (tertiary/aromatic N) is 1. The molecule has 15 heavy (non-hydrogen) atoms. The molecule has 3 rings (SSSR count). The molecule has 1 aliphatic heterocycles. The number of hydrogen-bond acceptors (Lipinski definition) is 4. The molecular weight excluding hydrogens is 224 g/mol. The van der Waals surface area contributed by atoms with Crippen molar-refractivity contribution in [1.82, 2.24) is 10.3 Å². The molecule has 1 aliphatic carbocycles. The van der Waals surface area contributed by atoms with Crippen LogP contribution in [0.4, 0.5) is 0 Å². The first-order valence-electron chi connectivity index (χ1n) is 5.58. The zero-order valence-corrected chi connectivity index (χ0v) is 10.5. The van der Waals surface area contributed by atoms with E-state index in [1.165, 1.54) is 30.0 Å². The average molecular weight is 240 g/mol. The van der Waals surface area contributed by atoms with E-state index in [1.807, 2.05) is 6.20 Å². The quantitative estimate of drug-likeness (QED) is 0.879. The van der Waals surface area contributed by atoms with Gasteiger partial charge in [0.1, 0.15) is 5.01 Å². The fourth-order valence-corrected chi connectivity index (χ4v) is 4.50. The molecule has 2 heterocycles. The SMILES string of the molecule is CC1CC(NC2CC2)(c2nccs2)CS1. The molecule has 2 unspecified atom stereocenters. The van der Waals surface area contributed by atoms with Gasteiger partial charge in [-0.15, -0.1) is 11.3 Å². The lowest BCUT2D eigenvalue weighted by Gasteiger charge is -2.27. The second kappa shape index (κ2) is 3.75. The summed E-state index contributed by atoms with van der Waals surface area (Å²) in [6.07, 6.45) is 5.88. The number of nitrogens with one attached hydrogen (secondary N) is 1. The van der Waals surface area contributed by atoms with Crippen molar-refractivity contribution < 1.29 is 0 Å². The predicted molar refractivity (Wildman–Crippen MR) is 66.5 cm³/mol. The van der Waals surface area contributed by atoms with Gasteiger partial charge in [0.25, 0.3) is 0 Å². The largest absolute Gasteiger partial charge is 0.302 e. The number of hydrogen-bond donors (Lipinski definition) is 1. The minimum atomic E-state index is 0.194. The lowest BCUT2D eigenvalue weighted by molar-refractivity contribution is 0.358. The van der Waals surface area contributed by atoms with E-state index in [-0.39, 0.29) is 5.54 Å². The third kappa shape index (κ3) is 1.95. The van der Waals surface area contributed by atoms with Gasteiger partial charge < -0.3 is 5.32 Å². The molecule has 4 heteroatoms. The smallest absolute Gasteiger partial charge is 0.114 e. The molecule has 0 radical (unpaired) electrons. The Hall–Kier alpha value is -0.0600. The zero-order chi connectivity index (χ0) is 10.3. The van der Waals surface area contributed by atoms with Gasteiger partial charge in [-0.3, -0.25) is 0 Å². The highest BCUT2D eigenvalue weighted by atomic mass is 32.2. The minimum absolute atomic E-state index is 0.194. The van der Waals surface area contributed by atoms with E-state index >= 15 is 0 Å². The van der Waals surface area contributed by atoms with Gasteiger partial charge in [0.05, 0.1) is 5.54 Å². The summed E-state index contributed by atoms with van der Waals surface area (Å²) >= 11 is 3.88. The summed E-state index contributed by atoms with van der Waals surface area (Å²) in [5.41, 5.74) is 0.194. The summed E-state index contributed by atoms with van der Waals surface area (Å²) in [7, 11) is 0. The van der Waals surface area contributed by atoms with Crippen molar-refractivity contribution in [2.75, 3.05) is 5.75 Å². The Balaban J connectivity index is 1.86. The van der Waals surface area contributed by atoms with E-state index < -0.39 is 0 Å². The van der Waals surface area contributed by atoms with Gasteiger partial charge in [0.15, 0.2) is 0 Å². The monoisotopic (exact) mass is 240 g/mol. The third-order valence-corrected chi connectivity index (χ3v) is 5.52. The first-order valence-corrected chi connectivity index (χ1v) is 7.51. The number of aromatic nitrogens is 1. The third-order valence-electron chi connectivity index (χ3n) is 3.15. The van der Waals surface area contributed by atoms with Crippen LogP contribution in [-0.2, 0) is 5.54 Å². The summed E-state index contributed by atoms with van der Waals surface area (Å²) in [6, 6.07) is 0.764. The zero-order valence-electron chi connectivity index (χ0n) is 8.90. The highest BCUT2D eigenvalue weighted by Crippen LogP contribution is 2.44. The molecule has 0 aromatic carbocycles. The Morgan fingerprint density at radius 2 is 2.40 bits per heavy atom. The van der Waals surface area contributed by atoms with Crippen molar-refractivity contribution in [3.8, 4) is 0 Å². The second-order valence-electron chi connectivity index (χ2n) is 4.66. The van der Waals surface area contributed by atoms with E-state index in [0.717, 1.165) is 11.3 Å². The first-order chi connectivity index (χ1) is 7.28. The van der Waals surface area contributed by atoms with Crippen LogP contribution < -0.4 is 5.32 Å². The van der Waals surface area contributed by atoms with Crippen LogP contribution in [0.1, 0.15) is 31.2 Å². The van der Waals surface area contributed by atoms with Gasteiger partial charge in [-0.2, -0.15) is 11.8 Å². The van der Waals surface area contributed by atoms with Gasteiger partial charge in [-0.25, -0.2) is 4.98 Å². The fourth-order valence-electron chi connectivity index (χ4n) is 2.28. The highest BCUT2D eigenvalue weighted by Gasteiger charge is 2.44. The van der Waals surface area contributed by atoms with E-state index in [2.05, 4.69) is 34.4 Å². The number of thiazole rings is 1. The van der Waals surface area contributed by atoms with Crippen LogP contribution in [0.5, 0.6) is 0 Å². The summed E-state index contributed by atoms with van der Waals surface area (Å²) in [6.45, 7) is 2.33. The van der Waals surface area contributed by atoms with Gasteiger partial charge in [-0.1, -0.05) is 6.92 Å². The molecule has 1 aromatic heterocycles. The van der Waals surface area contributed by atoms with E-state index in [9.17, 15) is 0 Å². The Morgan fingerprint density at radius 1 is 1.53 bits per heavy atom. The summed E-state index contributed by atoms with van der Waals surface area (Å²) < 4.78 is 0. The summed E-state index contributed by atoms with van der Waals surface area (Å²) in [5, 5.41) is 7.98. The van der Waals surface area contributed by atoms with Crippen molar-refractivity contribution in [3.05, 3.63) is 16.6 Å². The van der Waals surface area contributed by atoms with Crippen LogP contribution in [0.3, 0.4) is 0 Å². The molecule has 2 fully saturated rings. The molecule has 0 amide bonds. The lowest BCUT2D eigenvalue weighted by Crippen LogP contribution is -2.44. The van der Waals surface area contributed by atoms with Crippen LogP contribution in [0, 0.1) is 0 Å². The maximum absolute atomic E-state index is 4.53. The summed E-state index contributed by atoms with van der Waals surface area (Å²) in [4.78, 5) is 4.53. The van der Waals surface area contributed by atoms with Gasteiger partial charge in [-0.05, 0) is 19.3 Å². The molecule has 0 bridgehead atoms. The molecule has 2 nitrogen and oxygen atoms in total. The first kappa shape index (κ1) is 10.1. The Morgan fingerprint density at radius 3 is 2.93 bits per heavy atom. The molecule has 0 spiro atoms. The highest BCUT2D eigenvalue weighted by molar-refractivity contribution is 8.00. The number of rotatable bonds is 3. The van der Waals surface area contributed by atoms with Crippen molar-refractivity contribution >= 4 is 23.1 Å². The normalized spacial score (nSPS) is 35.9. The molecule has 1 saturated heterocycles. The van der Waals surface area contributed by atoms with Crippen molar-refractivity contribution in [2.45, 2.75) is 43.0 Å². The molecule has 1 aromatic rings. The van der Waals surface area contributed by atoms with Crippen LogP contribution in [0.15, 0.2) is 11.6 Å². The van der Waals surface area contributed by atoms with Gasteiger partial charge >= 0.3 is 0 Å². The van der Waals surface area contributed by atoms with Crippen molar-refractivity contribution in [3.63, 3.8) is 0 Å². The molecular formula is C11H16N2S2. The summed E-state index contributed by atoms with van der Waals surface area (Å²) in [5.74, 6) is 1.19. The fraction of sp³-hybridized carbons (Fsp3) is 0.727. The average Bonchev–Trinajstić information content (AvgIpc) is 2.74. The van der Waals surface area contributed by atoms with E-state index in [1.54, 1.807) is 11.3 Å². The Bertz CT molecular complexity index is 334. The Labute approximate surface area is 98.9 Å². The van der Waals surface area contributed by atoms with Crippen LogP contribution in [-0.4, -0.2) is 22.0 Å². The maximum Gasteiger partial charge on any atom is 0.114 e. The van der Waals surface area contributed by atoms with Crippen LogP contribution in [0.2, 0.25) is 0 Å². The van der Waals surface area contributed by atoms with Gasteiger partial charge in [0, 0.05) is 28.6 Å². The molecule has 1 saturated carbocycles. The lowest BCUT2D eigenvalue weighted by atomic mass is 9.97. The second-order valence-corrected chi connectivity index (χ2v) is 6.99. The van der Waals surface area contributed by atoms with Crippen molar-refractivity contribution in [2.24, 2.45) is 0 Å². The van der Waals surface area contributed by atoms with Gasteiger partial charge in [0.2, 0.25) is 0 Å². The topological polar surface area (TPSA) is 24.9 Å². The van der Waals surface area contributed by atoms with E-state index in [0.29, 0.717) is 0 Å². The Kier molecular flexibility index (Phi) is 2.53. The maximum atomic E-state index is 4.53. The van der Waals surface area contributed by atoms with Crippen molar-refractivity contribution in [1.29, 1.82) is 0 Å². The van der Waals surface area contributed by atoms with Crippen LogP contribution in [0.25, 0.3) is 0 Å². The minimum Gasteiger partial charge on any atom is -0.302 e. The van der Waals surface area contributed by atoms with E-state index in [4.69, 9.17) is 0 Å². The number of thioether (sulfide) groups is 1. The molecule has 2 aliphatic rings. The molecule has 2 atom stereocenters.